The van der Waals surface area contributed by atoms with Gasteiger partial charge in [0.2, 0.25) is 0 Å². The van der Waals surface area contributed by atoms with Gasteiger partial charge in [-0.3, -0.25) is 0 Å². The van der Waals surface area contributed by atoms with Crippen LogP contribution in [0.5, 0.6) is 17.2 Å². The fourth-order valence-corrected chi connectivity index (χ4v) is 13.5. The summed E-state index contributed by atoms with van der Waals surface area (Å²) in [7, 11) is 0. The van der Waals surface area contributed by atoms with Crippen LogP contribution in [0.25, 0.3) is 0 Å². The maximum atomic E-state index is 6.49. The van der Waals surface area contributed by atoms with Crippen LogP contribution in [0, 0.1) is 0 Å². The van der Waals surface area contributed by atoms with Crippen molar-refractivity contribution < 1.29 is 14.2 Å². The Hall–Kier alpha value is -4.24. The highest BCUT2D eigenvalue weighted by atomic mass is 16.5. The monoisotopic (exact) mass is 1190 g/mol. The van der Waals surface area contributed by atoms with Gasteiger partial charge in [-0.25, -0.2) is 0 Å². The summed E-state index contributed by atoms with van der Waals surface area (Å²) < 4.78 is 19.5. The van der Waals surface area contributed by atoms with E-state index in [-0.39, 0.29) is 0 Å². The fourth-order valence-electron chi connectivity index (χ4n) is 13.5. The summed E-state index contributed by atoms with van der Waals surface area (Å²) in [5, 5.41) is 0. The third-order valence-electron chi connectivity index (χ3n) is 19.1. The van der Waals surface area contributed by atoms with E-state index in [0.717, 1.165) is 56.3 Å². The first-order chi connectivity index (χ1) is 43.2. The van der Waals surface area contributed by atoms with Crippen molar-refractivity contribution in [2.75, 3.05) is 19.8 Å². The highest BCUT2D eigenvalue weighted by Gasteiger charge is 2.39. The van der Waals surface area contributed by atoms with Crippen molar-refractivity contribution in [1.82, 2.24) is 0 Å². The van der Waals surface area contributed by atoms with Crippen LogP contribution in [0.15, 0.2) is 121 Å². The van der Waals surface area contributed by atoms with Crippen LogP contribution in [-0.2, 0) is 5.41 Å². The molecule has 0 aromatic heterocycles. The van der Waals surface area contributed by atoms with E-state index >= 15 is 0 Å². The zero-order valence-electron chi connectivity index (χ0n) is 56.9. The van der Waals surface area contributed by atoms with Gasteiger partial charge in [0.1, 0.15) is 17.2 Å². The molecule has 0 fully saturated rings. The average molecular weight is 1190 g/mol. The van der Waals surface area contributed by atoms with Crippen molar-refractivity contribution in [2.45, 2.75) is 340 Å². The van der Waals surface area contributed by atoms with E-state index in [0.29, 0.717) is 5.92 Å². The smallest absolute Gasteiger partial charge is 0.119 e. The molecule has 4 aromatic rings. The Balaban J connectivity index is 1.16. The lowest BCUT2D eigenvalue weighted by molar-refractivity contribution is 0.304. The number of allylic oxidation sites excluding steroid dienone is 4. The summed E-state index contributed by atoms with van der Waals surface area (Å²) in [6, 6.07) is 36.6. The second-order valence-electron chi connectivity index (χ2n) is 26.7. The van der Waals surface area contributed by atoms with Crippen LogP contribution in [0.2, 0.25) is 0 Å². The molecule has 3 nitrogen and oxygen atoms in total. The molecule has 0 atom stereocenters. The average Bonchev–Trinajstić information content (AvgIpc) is 0.927. The first-order valence-electron chi connectivity index (χ1n) is 37.8. The standard InChI is InChI=1S/C84H132O3/c1-4-7-10-13-16-19-22-25-28-31-34-37-40-43-46-51-72-85-81-66-60-78(61-67-81)84(77-58-56-76(57-59-77)75-54-49-50-55-75,79-62-68-82(69-63-79)86-73-52-47-44-41-38-35-32-29-26-23-20-17-14-11-8-5-2)80-64-70-83(71-65-80)87-74-53-48-45-42-39-36-33-30-27-24-21-18-15-12-9-6-3/h49-50,54-71,75H,4-48,51-53,72-74H2,1-3H3. The summed E-state index contributed by atoms with van der Waals surface area (Å²) in [4.78, 5) is 0. The van der Waals surface area contributed by atoms with Crippen molar-refractivity contribution in [2.24, 2.45) is 0 Å². The molecule has 5 rings (SSSR count). The quantitative estimate of drug-likeness (QED) is 0.0326. The van der Waals surface area contributed by atoms with Gasteiger partial charge in [-0.2, -0.15) is 0 Å². The van der Waals surface area contributed by atoms with Crippen molar-refractivity contribution in [3.8, 4) is 17.2 Å². The molecular formula is C84H132O3. The Kier molecular flexibility index (Phi) is 42.7. The normalized spacial score (nSPS) is 12.4. The molecule has 1 aliphatic rings. The largest absolute Gasteiger partial charge is 0.494 e. The highest BCUT2D eigenvalue weighted by molar-refractivity contribution is 5.61. The predicted molar refractivity (Wildman–Crippen MR) is 381 cm³/mol. The van der Waals surface area contributed by atoms with Gasteiger partial charge in [-0.1, -0.05) is 395 Å². The van der Waals surface area contributed by atoms with Crippen LogP contribution in [0.4, 0.5) is 0 Å². The zero-order valence-corrected chi connectivity index (χ0v) is 56.9. The zero-order chi connectivity index (χ0) is 61.0. The van der Waals surface area contributed by atoms with Gasteiger partial charge in [0.15, 0.2) is 0 Å². The van der Waals surface area contributed by atoms with Crippen LogP contribution >= 0.6 is 0 Å². The summed E-state index contributed by atoms with van der Waals surface area (Å²) in [5.74, 6) is 3.13. The third kappa shape index (κ3) is 31.9. The van der Waals surface area contributed by atoms with Gasteiger partial charge in [-0.05, 0) is 83.5 Å². The first-order valence-corrected chi connectivity index (χ1v) is 37.8. The Bertz CT molecular complexity index is 2010. The topological polar surface area (TPSA) is 27.7 Å². The lowest BCUT2D eigenvalue weighted by atomic mass is 9.65. The van der Waals surface area contributed by atoms with Gasteiger partial charge in [0.05, 0.1) is 25.2 Å². The Labute approximate surface area is 537 Å². The number of ether oxygens (including phenoxy) is 3. The lowest BCUT2D eigenvalue weighted by Crippen LogP contribution is -2.31. The molecule has 0 radical (unpaired) electrons. The molecule has 0 amide bonds. The van der Waals surface area contributed by atoms with Crippen LogP contribution in [0.3, 0.4) is 0 Å². The molecule has 0 spiro atoms. The molecular weight excluding hydrogens is 1060 g/mol. The molecule has 87 heavy (non-hydrogen) atoms. The second kappa shape index (κ2) is 50.5. The molecule has 0 saturated carbocycles. The molecule has 0 N–H and O–H groups in total. The van der Waals surface area contributed by atoms with Gasteiger partial charge in [0.25, 0.3) is 0 Å². The molecule has 4 aromatic carbocycles. The minimum atomic E-state index is -0.606. The SMILES string of the molecule is CCCCCCCCCCCCCCCCCCOc1ccc(C(c2ccc(OCCCCCCCCCCCCCCCCCC)cc2)(c2ccc(OCCCCCCCCCCCCCCCCCC)cc2)c2ccc(C3C=CC=C3)cc2)cc1. The van der Waals surface area contributed by atoms with Crippen LogP contribution < -0.4 is 14.2 Å². The molecule has 0 saturated heterocycles. The number of benzene rings is 4. The van der Waals surface area contributed by atoms with Crippen LogP contribution in [0.1, 0.15) is 363 Å². The number of unbranched alkanes of at least 4 members (excludes halogenated alkanes) is 45. The number of rotatable bonds is 59. The maximum absolute atomic E-state index is 6.49. The molecule has 486 valence electrons. The predicted octanol–water partition coefficient (Wildman–Crippen LogP) is 27.2. The molecule has 1 aliphatic carbocycles. The number of hydrogen-bond acceptors (Lipinski definition) is 3. The van der Waals surface area contributed by atoms with Crippen LogP contribution in [-0.4, -0.2) is 19.8 Å². The minimum absolute atomic E-state index is 0.302. The lowest BCUT2D eigenvalue weighted by Gasteiger charge is -2.37. The summed E-state index contributed by atoms with van der Waals surface area (Å²) >= 11 is 0. The Morgan fingerprint density at radius 2 is 0.414 bits per heavy atom. The van der Waals surface area contributed by atoms with Gasteiger partial charge >= 0.3 is 0 Å². The Morgan fingerprint density at radius 1 is 0.230 bits per heavy atom. The van der Waals surface area contributed by atoms with Crippen molar-refractivity contribution in [3.05, 3.63) is 149 Å². The summed E-state index contributed by atoms with van der Waals surface area (Å²) in [6.07, 6.45) is 74.9. The van der Waals surface area contributed by atoms with Crippen molar-refractivity contribution in [3.63, 3.8) is 0 Å². The highest BCUT2D eigenvalue weighted by Crippen LogP contribution is 2.47. The van der Waals surface area contributed by atoms with E-state index in [1.807, 2.05) is 0 Å². The minimum Gasteiger partial charge on any atom is -0.494 e. The van der Waals surface area contributed by atoms with Crippen molar-refractivity contribution in [1.29, 1.82) is 0 Å². The summed E-state index contributed by atoms with van der Waals surface area (Å²) in [5.41, 5.74) is 5.59. The van der Waals surface area contributed by atoms with Gasteiger partial charge < -0.3 is 14.2 Å². The first kappa shape index (κ1) is 73.5. The fraction of sp³-hybridized carbons (Fsp3) is 0.667. The Morgan fingerprint density at radius 3 is 0.621 bits per heavy atom. The van der Waals surface area contributed by atoms with Gasteiger partial charge in [0, 0.05) is 5.92 Å². The maximum Gasteiger partial charge on any atom is 0.119 e. The molecule has 0 aliphatic heterocycles. The second-order valence-corrected chi connectivity index (χ2v) is 26.7. The summed E-state index contributed by atoms with van der Waals surface area (Å²) in [6.45, 7) is 9.20. The van der Waals surface area contributed by atoms with E-state index in [1.54, 1.807) is 0 Å². The van der Waals surface area contributed by atoms with E-state index in [1.165, 1.54) is 317 Å². The van der Waals surface area contributed by atoms with E-state index in [2.05, 4.69) is 142 Å². The van der Waals surface area contributed by atoms with Gasteiger partial charge in [-0.15, -0.1) is 0 Å². The molecule has 0 heterocycles. The third-order valence-corrected chi connectivity index (χ3v) is 19.1. The van der Waals surface area contributed by atoms with E-state index in [4.69, 9.17) is 14.2 Å². The molecule has 0 unspecified atom stereocenters. The van der Waals surface area contributed by atoms with E-state index in [9.17, 15) is 0 Å². The molecule has 3 heteroatoms. The van der Waals surface area contributed by atoms with E-state index < -0.39 is 5.41 Å². The number of hydrogen-bond donors (Lipinski definition) is 0. The van der Waals surface area contributed by atoms with Crippen molar-refractivity contribution >= 4 is 0 Å². The molecule has 0 bridgehead atoms.